The van der Waals surface area contributed by atoms with Crippen molar-refractivity contribution < 1.29 is 19.1 Å². The van der Waals surface area contributed by atoms with Gasteiger partial charge in [0, 0.05) is 18.7 Å². The Bertz CT molecular complexity index is 962. The van der Waals surface area contributed by atoms with Crippen LogP contribution in [0.15, 0.2) is 52.0 Å². The Morgan fingerprint density at radius 2 is 2.12 bits per heavy atom. The molecule has 1 amide bonds. The molecule has 0 unspecified atom stereocenters. The van der Waals surface area contributed by atoms with Gasteiger partial charge in [0.25, 0.3) is 0 Å². The van der Waals surface area contributed by atoms with E-state index in [1.165, 1.54) is 17.7 Å². The van der Waals surface area contributed by atoms with Crippen molar-refractivity contribution in [1.29, 1.82) is 0 Å². The van der Waals surface area contributed by atoms with Crippen molar-refractivity contribution in [2.45, 2.75) is 20.1 Å². The van der Waals surface area contributed by atoms with Crippen LogP contribution in [0, 0.1) is 0 Å². The zero-order valence-electron chi connectivity index (χ0n) is 13.9. The van der Waals surface area contributed by atoms with Crippen LogP contribution in [0.2, 0.25) is 0 Å². The van der Waals surface area contributed by atoms with E-state index < -0.39 is 11.2 Å². The van der Waals surface area contributed by atoms with Crippen LogP contribution >= 0.6 is 0 Å². The number of hydrogen-bond donors (Lipinski definition) is 2. The van der Waals surface area contributed by atoms with Gasteiger partial charge in [-0.1, -0.05) is 5.21 Å². The van der Waals surface area contributed by atoms with Gasteiger partial charge in [-0.3, -0.25) is 9.59 Å². The van der Waals surface area contributed by atoms with E-state index in [-0.39, 0.29) is 19.1 Å². The Kier molecular flexibility index (Phi) is 4.97. The molecule has 0 aliphatic carbocycles. The molecule has 0 saturated carbocycles. The van der Waals surface area contributed by atoms with E-state index in [1.807, 2.05) is 0 Å². The van der Waals surface area contributed by atoms with Crippen LogP contribution in [0.5, 0.6) is 11.5 Å². The molecular weight excluding hydrogens is 340 g/mol. The van der Waals surface area contributed by atoms with Gasteiger partial charge < -0.3 is 19.6 Å². The third-order valence-electron chi connectivity index (χ3n) is 3.33. The average molecular weight is 356 g/mol. The SMILES string of the molecule is CC(=O)Nc1ccc(OCc2cn(Cc3cc(=O)c(O)co3)nn2)cc1. The number of aromatic nitrogens is 3. The van der Waals surface area contributed by atoms with Crippen molar-refractivity contribution in [3.05, 3.63) is 64.5 Å². The van der Waals surface area contributed by atoms with E-state index in [0.29, 0.717) is 22.9 Å². The van der Waals surface area contributed by atoms with Crippen molar-refractivity contribution in [2.75, 3.05) is 5.32 Å². The molecule has 26 heavy (non-hydrogen) atoms. The highest BCUT2D eigenvalue weighted by Crippen LogP contribution is 2.16. The number of carbonyl (C=O) groups excluding carboxylic acids is 1. The van der Waals surface area contributed by atoms with E-state index in [0.717, 1.165) is 6.26 Å². The van der Waals surface area contributed by atoms with Crippen LogP contribution in [-0.4, -0.2) is 26.0 Å². The lowest BCUT2D eigenvalue weighted by Crippen LogP contribution is -2.05. The zero-order chi connectivity index (χ0) is 18.5. The number of hydrogen-bond acceptors (Lipinski definition) is 7. The lowest BCUT2D eigenvalue weighted by molar-refractivity contribution is -0.114. The van der Waals surface area contributed by atoms with Crippen LogP contribution in [0.4, 0.5) is 5.69 Å². The van der Waals surface area contributed by atoms with Gasteiger partial charge in [-0.2, -0.15) is 0 Å². The molecule has 1 aromatic carbocycles. The van der Waals surface area contributed by atoms with Crippen LogP contribution in [0.3, 0.4) is 0 Å². The summed E-state index contributed by atoms with van der Waals surface area (Å²) in [6, 6.07) is 8.15. The quantitative estimate of drug-likeness (QED) is 0.687. The second-order valence-corrected chi connectivity index (χ2v) is 5.50. The molecule has 9 nitrogen and oxygen atoms in total. The fourth-order valence-electron chi connectivity index (χ4n) is 2.16. The van der Waals surface area contributed by atoms with Crippen LogP contribution in [-0.2, 0) is 17.9 Å². The van der Waals surface area contributed by atoms with Crippen molar-refractivity contribution in [1.82, 2.24) is 15.0 Å². The molecule has 0 aliphatic heterocycles. The first-order valence-electron chi connectivity index (χ1n) is 7.70. The number of anilines is 1. The Balaban J connectivity index is 1.57. The maximum atomic E-state index is 11.4. The number of nitrogens with one attached hydrogen (secondary N) is 1. The number of benzene rings is 1. The third-order valence-corrected chi connectivity index (χ3v) is 3.33. The molecule has 0 saturated heterocycles. The number of rotatable bonds is 6. The molecule has 0 spiro atoms. The molecule has 0 fully saturated rings. The molecular formula is C17H16N4O5. The molecule has 0 radical (unpaired) electrons. The van der Waals surface area contributed by atoms with E-state index >= 15 is 0 Å². The summed E-state index contributed by atoms with van der Waals surface area (Å²) < 4.78 is 12.2. The molecule has 2 heterocycles. The van der Waals surface area contributed by atoms with Gasteiger partial charge in [0.1, 0.15) is 36.6 Å². The van der Waals surface area contributed by atoms with Crippen molar-refractivity contribution >= 4 is 11.6 Å². The topological polar surface area (TPSA) is 119 Å². The molecule has 0 aliphatic rings. The molecule has 0 bridgehead atoms. The number of amides is 1. The first-order valence-corrected chi connectivity index (χ1v) is 7.70. The average Bonchev–Trinajstić information content (AvgIpc) is 3.04. The van der Waals surface area contributed by atoms with E-state index in [9.17, 15) is 14.7 Å². The van der Waals surface area contributed by atoms with Gasteiger partial charge in [0.15, 0.2) is 5.75 Å². The van der Waals surface area contributed by atoms with E-state index in [2.05, 4.69) is 15.6 Å². The van der Waals surface area contributed by atoms with E-state index in [1.54, 1.807) is 30.5 Å². The number of ether oxygens (including phenoxy) is 1. The van der Waals surface area contributed by atoms with Gasteiger partial charge in [0.2, 0.25) is 11.3 Å². The van der Waals surface area contributed by atoms with Crippen molar-refractivity contribution in [2.24, 2.45) is 0 Å². The summed E-state index contributed by atoms with van der Waals surface area (Å²) in [7, 11) is 0. The van der Waals surface area contributed by atoms with Crippen LogP contribution < -0.4 is 15.5 Å². The Morgan fingerprint density at radius 1 is 1.35 bits per heavy atom. The maximum absolute atomic E-state index is 11.4. The summed E-state index contributed by atoms with van der Waals surface area (Å²) in [5.41, 5.74) is 0.765. The number of carbonyl (C=O) groups is 1. The fraction of sp³-hybridized carbons (Fsp3) is 0.176. The van der Waals surface area contributed by atoms with Gasteiger partial charge in [-0.25, -0.2) is 4.68 Å². The molecule has 3 aromatic rings. The summed E-state index contributed by atoms with van der Waals surface area (Å²) in [4.78, 5) is 22.4. The largest absolute Gasteiger partial charge is 0.502 e. The number of nitrogens with zero attached hydrogens (tertiary/aromatic N) is 3. The second kappa shape index (κ2) is 7.51. The summed E-state index contributed by atoms with van der Waals surface area (Å²) >= 11 is 0. The maximum Gasteiger partial charge on any atom is 0.226 e. The fourth-order valence-corrected chi connectivity index (χ4v) is 2.16. The van der Waals surface area contributed by atoms with Crippen molar-refractivity contribution in [3.8, 4) is 11.5 Å². The normalized spacial score (nSPS) is 10.5. The molecule has 2 aromatic heterocycles. The monoisotopic (exact) mass is 356 g/mol. The Labute approximate surface area is 147 Å². The smallest absolute Gasteiger partial charge is 0.226 e. The second-order valence-electron chi connectivity index (χ2n) is 5.50. The lowest BCUT2D eigenvalue weighted by Gasteiger charge is -2.05. The first-order chi connectivity index (χ1) is 12.5. The highest BCUT2D eigenvalue weighted by Gasteiger charge is 2.06. The summed E-state index contributed by atoms with van der Waals surface area (Å²) in [6.45, 7) is 1.85. The number of aromatic hydroxyl groups is 1. The molecule has 0 atom stereocenters. The first kappa shape index (κ1) is 17.2. The minimum atomic E-state index is -0.516. The van der Waals surface area contributed by atoms with Crippen LogP contribution in [0.1, 0.15) is 18.4 Å². The van der Waals surface area contributed by atoms with Crippen molar-refractivity contribution in [3.63, 3.8) is 0 Å². The molecule has 134 valence electrons. The standard InChI is InChI=1S/C17H16N4O5/c1-11(22)18-12-2-4-14(5-3-12)25-9-13-7-21(20-19-13)8-15-6-16(23)17(24)10-26-15/h2-7,10,24H,8-9H2,1H3,(H,18,22). The van der Waals surface area contributed by atoms with Crippen LogP contribution in [0.25, 0.3) is 0 Å². The van der Waals surface area contributed by atoms with Gasteiger partial charge >= 0.3 is 0 Å². The van der Waals surface area contributed by atoms with Gasteiger partial charge in [-0.05, 0) is 24.3 Å². The molecule has 9 heteroatoms. The molecule has 2 N–H and O–H groups in total. The highest BCUT2D eigenvalue weighted by atomic mass is 16.5. The van der Waals surface area contributed by atoms with E-state index in [4.69, 9.17) is 9.15 Å². The lowest BCUT2D eigenvalue weighted by atomic mass is 10.3. The Morgan fingerprint density at radius 3 is 2.81 bits per heavy atom. The molecule has 3 rings (SSSR count). The van der Waals surface area contributed by atoms with Gasteiger partial charge in [0.05, 0.1) is 6.20 Å². The zero-order valence-corrected chi connectivity index (χ0v) is 13.9. The summed E-state index contributed by atoms with van der Waals surface area (Å²) in [5, 5.41) is 19.8. The minimum Gasteiger partial charge on any atom is -0.502 e. The Hall–Kier alpha value is -3.62. The highest BCUT2D eigenvalue weighted by molar-refractivity contribution is 5.88. The predicted octanol–water partition coefficient (Wildman–Crippen LogP) is 1.52. The third kappa shape index (κ3) is 4.47. The van der Waals surface area contributed by atoms with Gasteiger partial charge in [-0.15, -0.1) is 5.10 Å². The summed E-state index contributed by atoms with van der Waals surface area (Å²) in [5.74, 6) is 0.391. The summed E-state index contributed by atoms with van der Waals surface area (Å²) in [6.07, 6.45) is 2.65. The minimum absolute atomic E-state index is 0.139. The predicted molar refractivity (Wildman–Crippen MR) is 90.8 cm³/mol.